The van der Waals surface area contributed by atoms with Gasteiger partial charge in [0, 0.05) is 6.54 Å². The van der Waals surface area contributed by atoms with E-state index >= 15 is 0 Å². The molecule has 1 fully saturated rings. The van der Waals surface area contributed by atoms with Crippen LogP contribution in [0.5, 0.6) is 0 Å². The Morgan fingerprint density at radius 1 is 1.80 bits per heavy atom. The first-order valence-electron chi connectivity index (χ1n) is 2.81. The van der Waals surface area contributed by atoms with Crippen molar-refractivity contribution in [2.24, 2.45) is 0 Å². The first-order chi connectivity index (χ1) is 4.70. The Hall–Kier alpha value is -0.710. The molecule has 0 radical (unpaired) electrons. The standard InChI is InChI=1S/C5H7NO3S/c7-4-2-10-3(1-6-4)5(8)9/h3H,1-2H2,(H,6,7)(H,8,9). The lowest BCUT2D eigenvalue weighted by Crippen LogP contribution is -2.41. The minimum absolute atomic E-state index is 0.0810. The third-order valence-electron chi connectivity index (χ3n) is 1.18. The average molecular weight is 161 g/mol. The lowest BCUT2D eigenvalue weighted by molar-refractivity contribution is -0.136. The summed E-state index contributed by atoms with van der Waals surface area (Å²) in [5.41, 5.74) is 0. The van der Waals surface area contributed by atoms with Crippen LogP contribution in [0.4, 0.5) is 0 Å². The van der Waals surface area contributed by atoms with Gasteiger partial charge in [0.05, 0.1) is 5.75 Å². The second-order valence-corrected chi connectivity index (χ2v) is 3.13. The van der Waals surface area contributed by atoms with Gasteiger partial charge in [-0.2, -0.15) is 0 Å². The van der Waals surface area contributed by atoms with E-state index in [9.17, 15) is 9.59 Å². The van der Waals surface area contributed by atoms with Gasteiger partial charge in [0.15, 0.2) is 0 Å². The summed E-state index contributed by atoms with van der Waals surface area (Å²) in [4.78, 5) is 20.8. The number of carbonyl (C=O) groups is 2. The van der Waals surface area contributed by atoms with Gasteiger partial charge >= 0.3 is 5.97 Å². The molecule has 0 aromatic carbocycles. The first-order valence-corrected chi connectivity index (χ1v) is 3.86. The Bertz CT molecular complexity index is 160. The fourth-order valence-corrected chi connectivity index (χ4v) is 1.45. The number of hydrogen-bond acceptors (Lipinski definition) is 3. The maximum Gasteiger partial charge on any atom is 0.318 e. The predicted molar refractivity (Wildman–Crippen MR) is 36.9 cm³/mol. The maximum absolute atomic E-state index is 10.5. The highest BCUT2D eigenvalue weighted by molar-refractivity contribution is 8.01. The Labute approximate surface area is 62.0 Å². The molecule has 1 atom stereocenters. The quantitative estimate of drug-likeness (QED) is 0.534. The number of amides is 1. The van der Waals surface area contributed by atoms with Crippen LogP contribution in [0.15, 0.2) is 0 Å². The third-order valence-corrected chi connectivity index (χ3v) is 2.38. The van der Waals surface area contributed by atoms with Gasteiger partial charge in [-0.1, -0.05) is 0 Å². The van der Waals surface area contributed by atoms with Gasteiger partial charge in [0.2, 0.25) is 5.91 Å². The molecule has 0 spiro atoms. The number of thioether (sulfide) groups is 1. The molecule has 56 valence electrons. The largest absolute Gasteiger partial charge is 0.480 e. The fourth-order valence-electron chi connectivity index (χ4n) is 0.651. The molecule has 1 amide bonds. The lowest BCUT2D eigenvalue weighted by atomic mass is 10.4. The van der Waals surface area contributed by atoms with Crippen LogP contribution in [-0.2, 0) is 9.59 Å². The minimum Gasteiger partial charge on any atom is -0.480 e. The number of carbonyl (C=O) groups excluding carboxylic acids is 1. The lowest BCUT2D eigenvalue weighted by Gasteiger charge is -2.17. The average Bonchev–Trinajstić information content (AvgIpc) is 1.88. The molecule has 1 aliphatic rings. The molecule has 0 bridgehead atoms. The summed E-state index contributed by atoms with van der Waals surface area (Å²) in [6.07, 6.45) is 0. The number of carboxylic acid groups (broad SMARTS) is 1. The normalized spacial score (nSPS) is 25.6. The van der Waals surface area contributed by atoms with Gasteiger partial charge in [-0.05, 0) is 0 Å². The summed E-state index contributed by atoms with van der Waals surface area (Å²) in [5.74, 6) is -0.677. The fraction of sp³-hybridized carbons (Fsp3) is 0.600. The smallest absolute Gasteiger partial charge is 0.318 e. The van der Waals surface area contributed by atoms with Crippen LogP contribution >= 0.6 is 11.8 Å². The van der Waals surface area contributed by atoms with E-state index in [0.717, 1.165) is 0 Å². The van der Waals surface area contributed by atoms with Crippen LogP contribution in [0.3, 0.4) is 0 Å². The van der Waals surface area contributed by atoms with Crippen LogP contribution in [0, 0.1) is 0 Å². The highest BCUT2D eigenvalue weighted by atomic mass is 32.2. The van der Waals surface area contributed by atoms with Crippen LogP contribution in [-0.4, -0.2) is 34.5 Å². The van der Waals surface area contributed by atoms with E-state index in [-0.39, 0.29) is 18.2 Å². The summed E-state index contributed by atoms with van der Waals surface area (Å²) in [6.45, 7) is 0.249. The van der Waals surface area contributed by atoms with Gasteiger partial charge in [-0.15, -0.1) is 11.8 Å². The Balaban J connectivity index is 2.40. The number of nitrogens with one attached hydrogen (secondary N) is 1. The molecule has 10 heavy (non-hydrogen) atoms. The molecule has 0 aromatic heterocycles. The van der Waals surface area contributed by atoms with Crippen molar-refractivity contribution in [3.05, 3.63) is 0 Å². The SMILES string of the molecule is O=C1CSC(C(=O)O)CN1. The Morgan fingerprint density at radius 2 is 2.50 bits per heavy atom. The molecule has 1 heterocycles. The van der Waals surface area contributed by atoms with E-state index in [0.29, 0.717) is 0 Å². The highest BCUT2D eigenvalue weighted by Crippen LogP contribution is 2.13. The number of rotatable bonds is 1. The topological polar surface area (TPSA) is 66.4 Å². The van der Waals surface area contributed by atoms with E-state index in [1.165, 1.54) is 11.8 Å². The number of carboxylic acids is 1. The number of aliphatic carboxylic acids is 1. The molecular weight excluding hydrogens is 154 g/mol. The summed E-state index contributed by atoms with van der Waals surface area (Å²) in [5, 5.41) is 10.5. The van der Waals surface area contributed by atoms with Crippen LogP contribution in [0.25, 0.3) is 0 Å². The highest BCUT2D eigenvalue weighted by Gasteiger charge is 2.23. The zero-order valence-electron chi connectivity index (χ0n) is 5.16. The second kappa shape index (κ2) is 2.92. The molecule has 1 aliphatic heterocycles. The van der Waals surface area contributed by atoms with Crippen molar-refractivity contribution in [2.75, 3.05) is 12.3 Å². The summed E-state index contributed by atoms with van der Waals surface area (Å²) in [7, 11) is 0. The van der Waals surface area contributed by atoms with Crippen molar-refractivity contribution in [1.82, 2.24) is 5.32 Å². The molecule has 5 heteroatoms. The summed E-state index contributed by atoms with van der Waals surface area (Å²) < 4.78 is 0. The van der Waals surface area contributed by atoms with E-state index in [1.807, 2.05) is 0 Å². The predicted octanol–water partition coefficient (Wildman–Crippen LogP) is -0.697. The van der Waals surface area contributed by atoms with Gasteiger partial charge in [-0.3, -0.25) is 9.59 Å². The monoisotopic (exact) mass is 161 g/mol. The Kier molecular flexibility index (Phi) is 2.16. The molecule has 0 saturated carbocycles. The minimum atomic E-state index is -0.856. The van der Waals surface area contributed by atoms with E-state index in [4.69, 9.17) is 5.11 Å². The zero-order valence-corrected chi connectivity index (χ0v) is 5.98. The maximum atomic E-state index is 10.5. The van der Waals surface area contributed by atoms with Crippen LogP contribution < -0.4 is 5.32 Å². The van der Waals surface area contributed by atoms with Gasteiger partial charge in [0.25, 0.3) is 0 Å². The summed E-state index contributed by atoms with van der Waals surface area (Å²) in [6, 6.07) is 0. The zero-order chi connectivity index (χ0) is 7.56. The first kappa shape index (κ1) is 7.40. The van der Waals surface area contributed by atoms with Gasteiger partial charge in [-0.25, -0.2) is 0 Å². The van der Waals surface area contributed by atoms with Gasteiger partial charge < -0.3 is 10.4 Å². The van der Waals surface area contributed by atoms with Crippen molar-refractivity contribution in [3.8, 4) is 0 Å². The third kappa shape index (κ3) is 1.63. The molecule has 4 nitrogen and oxygen atoms in total. The van der Waals surface area contributed by atoms with Crippen LogP contribution in [0.1, 0.15) is 0 Å². The van der Waals surface area contributed by atoms with E-state index in [1.54, 1.807) is 0 Å². The van der Waals surface area contributed by atoms with Crippen molar-refractivity contribution < 1.29 is 14.7 Å². The molecule has 1 saturated heterocycles. The van der Waals surface area contributed by atoms with Crippen molar-refractivity contribution >= 4 is 23.6 Å². The Morgan fingerprint density at radius 3 is 2.90 bits per heavy atom. The molecule has 1 rings (SSSR count). The molecule has 1 unspecified atom stereocenters. The van der Waals surface area contributed by atoms with Crippen molar-refractivity contribution in [1.29, 1.82) is 0 Å². The molecule has 0 aliphatic carbocycles. The van der Waals surface area contributed by atoms with Crippen molar-refractivity contribution in [2.45, 2.75) is 5.25 Å². The summed E-state index contributed by atoms with van der Waals surface area (Å²) >= 11 is 1.17. The van der Waals surface area contributed by atoms with Crippen molar-refractivity contribution in [3.63, 3.8) is 0 Å². The molecule has 2 N–H and O–H groups in total. The molecule has 0 aromatic rings. The second-order valence-electron chi connectivity index (χ2n) is 1.94. The van der Waals surface area contributed by atoms with E-state index in [2.05, 4.69) is 5.32 Å². The number of hydrogen-bond donors (Lipinski definition) is 2. The van der Waals surface area contributed by atoms with E-state index < -0.39 is 11.2 Å². The van der Waals surface area contributed by atoms with Crippen LogP contribution in [0.2, 0.25) is 0 Å². The van der Waals surface area contributed by atoms with Gasteiger partial charge in [0.1, 0.15) is 5.25 Å². The molecular formula is C5H7NO3S.